The van der Waals surface area contributed by atoms with Gasteiger partial charge in [-0.15, -0.1) is 0 Å². The van der Waals surface area contributed by atoms with Gasteiger partial charge in [-0.3, -0.25) is 0 Å². The van der Waals surface area contributed by atoms with E-state index in [2.05, 4.69) is 10.3 Å². The van der Waals surface area contributed by atoms with Crippen molar-refractivity contribution in [3.63, 3.8) is 0 Å². The smallest absolute Gasteiger partial charge is 0.253 e. The monoisotopic (exact) mass is 344 g/mol. The van der Waals surface area contributed by atoms with Crippen LogP contribution in [-0.4, -0.2) is 22.7 Å². The first-order valence-electron chi connectivity index (χ1n) is 7.18. The molecule has 0 amide bonds. The molecular weight excluding hydrogens is 328 g/mol. The molecule has 0 radical (unpaired) electrons. The Labute approximate surface area is 136 Å². The first-order chi connectivity index (χ1) is 11.3. The van der Waals surface area contributed by atoms with E-state index in [1.807, 2.05) is 13.8 Å². The third-order valence-corrected chi connectivity index (χ3v) is 3.11. The Morgan fingerprint density at radius 1 is 1.04 bits per heavy atom. The number of halogens is 4. The summed E-state index contributed by atoms with van der Waals surface area (Å²) in [5.41, 5.74) is -0.576. The zero-order chi connectivity index (χ0) is 17.9. The van der Waals surface area contributed by atoms with Gasteiger partial charge in [-0.2, -0.15) is 22.5 Å². The number of rotatable bonds is 6. The van der Waals surface area contributed by atoms with Crippen molar-refractivity contribution in [3.05, 3.63) is 53.4 Å². The van der Waals surface area contributed by atoms with Crippen LogP contribution in [0.15, 0.2) is 24.3 Å². The third kappa shape index (κ3) is 4.14. The Kier molecular flexibility index (Phi) is 5.61. The molecule has 0 aliphatic carbocycles. The van der Waals surface area contributed by atoms with Crippen LogP contribution in [0.3, 0.4) is 0 Å². The summed E-state index contributed by atoms with van der Waals surface area (Å²) >= 11 is 0. The van der Waals surface area contributed by atoms with E-state index in [1.54, 1.807) is 24.3 Å². The number of pyridine rings is 1. The molecule has 1 aromatic heterocycles. The maximum atomic E-state index is 13.5. The number of nitrogens with zero attached hydrogens (tertiary/aromatic N) is 1. The molecule has 1 atom stereocenters. The fourth-order valence-electron chi connectivity index (χ4n) is 2.00. The van der Waals surface area contributed by atoms with E-state index >= 15 is 0 Å². The van der Waals surface area contributed by atoms with Crippen molar-refractivity contribution in [2.24, 2.45) is 0 Å². The zero-order valence-corrected chi connectivity index (χ0v) is 13.0. The summed E-state index contributed by atoms with van der Waals surface area (Å²) in [6, 6.07) is 6.41. The summed E-state index contributed by atoms with van der Waals surface area (Å²) in [5, 5.41) is 12.2. The Morgan fingerprint density at radius 2 is 1.58 bits per heavy atom. The lowest BCUT2D eigenvalue weighted by atomic mass is 10.1. The van der Waals surface area contributed by atoms with Gasteiger partial charge >= 0.3 is 0 Å². The van der Waals surface area contributed by atoms with Crippen molar-refractivity contribution in [3.8, 4) is 5.75 Å². The van der Waals surface area contributed by atoms with E-state index in [9.17, 15) is 22.7 Å². The number of benzene rings is 1. The number of aliphatic hydroxyl groups is 1. The molecule has 0 aliphatic rings. The second-order valence-corrected chi connectivity index (χ2v) is 5.33. The molecule has 1 aromatic carbocycles. The van der Waals surface area contributed by atoms with Crippen LogP contribution in [0.5, 0.6) is 5.75 Å². The van der Waals surface area contributed by atoms with E-state index in [0.29, 0.717) is 11.3 Å². The molecule has 0 saturated heterocycles. The maximum Gasteiger partial charge on any atom is 0.253 e. The standard InChI is InChI=1S/C16H16F4N2O2/c1-8(2)24-10-5-3-9(4-6-10)11(23)7-21-14-12(17)15(19)22-16(20)13(14)18/h3-6,8,11,23H,7H2,1-2H3,(H,21,22). The number of anilines is 1. The van der Waals surface area contributed by atoms with E-state index in [-0.39, 0.29) is 12.6 Å². The van der Waals surface area contributed by atoms with Crippen molar-refractivity contribution in [2.75, 3.05) is 11.9 Å². The van der Waals surface area contributed by atoms with Crippen molar-refractivity contribution in [2.45, 2.75) is 26.1 Å². The van der Waals surface area contributed by atoms with Gasteiger partial charge in [0.2, 0.25) is 11.6 Å². The predicted octanol–water partition coefficient (Wildman–Crippen LogP) is 3.57. The van der Waals surface area contributed by atoms with E-state index in [4.69, 9.17) is 4.74 Å². The van der Waals surface area contributed by atoms with Crippen LogP contribution in [0.4, 0.5) is 23.2 Å². The van der Waals surface area contributed by atoms with Crippen LogP contribution in [0.25, 0.3) is 0 Å². The Hall–Kier alpha value is -2.35. The highest BCUT2D eigenvalue weighted by molar-refractivity contribution is 5.45. The Balaban J connectivity index is 2.07. The Bertz CT molecular complexity index is 682. The van der Waals surface area contributed by atoms with Crippen molar-refractivity contribution >= 4 is 5.69 Å². The molecule has 0 bridgehead atoms. The number of hydrogen-bond acceptors (Lipinski definition) is 4. The van der Waals surface area contributed by atoms with E-state index in [1.165, 1.54) is 0 Å². The molecule has 2 aromatic rings. The molecule has 1 heterocycles. The summed E-state index contributed by atoms with van der Waals surface area (Å²) in [5.74, 6) is -6.23. The first-order valence-corrected chi connectivity index (χ1v) is 7.18. The minimum absolute atomic E-state index is 0.00938. The zero-order valence-electron chi connectivity index (χ0n) is 13.0. The topological polar surface area (TPSA) is 54.4 Å². The van der Waals surface area contributed by atoms with Gasteiger partial charge in [-0.05, 0) is 31.5 Å². The summed E-state index contributed by atoms with van der Waals surface area (Å²) in [7, 11) is 0. The van der Waals surface area contributed by atoms with Crippen LogP contribution in [0.1, 0.15) is 25.5 Å². The van der Waals surface area contributed by atoms with E-state index in [0.717, 1.165) is 0 Å². The third-order valence-electron chi connectivity index (χ3n) is 3.11. The summed E-state index contributed by atoms with van der Waals surface area (Å²) < 4.78 is 58.4. The molecule has 0 spiro atoms. The largest absolute Gasteiger partial charge is 0.491 e. The van der Waals surface area contributed by atoms with Gasteiger partial charge in [-0.25, -0.2) is 0 Å². The minimum Gasteiger partial charge on any atom is -0.491 e. The fraction of sp³-hybridized carbons (Fsp3) is 0.312. The number of ether oxygens (including phenoxy) is 1. The summed E-state index contributed by atoms with van der Waals surface area (Å²) in [6.07, 6.45) is -1.17. The summed E-state index contributed by atoms with van der Waals surface area (Å²) in [4.78, 5) is 2.45. The predicted molar refractivity (Wildman–Crippen MR) is 79.7 cm³/mol. The van der Waals surface area contributed by atoms with Gasteiger partial charge < -0.3 is 15.2 Å². The second-order valence-electron chi connectivity index (χ2n) is 5.33. The maximum absolute atomic E-state index is 13.5. The highest BCUT2D eigenvalue weighted by Crippen LogP contribution is 2.24. The molecule has 0 aliphatic heterocycles. The molecule has 2 rings (SSSR count). The van der Waals surface area contributed by atoms with Crippen molar-refractivity contribution in [1.29, 1.82) is 0 Å². The normalized spacial score (nSPS) is 12.3. The lowest BCUT2D eigenvalue weighted by molar-refractivity contribution is 0.191. The Morgan fingerprint density at radius 3 is 2.08 bits per heavy atom. The van der Waals surface area contributed by atoms with Crippen LogP contribution < -0.4 is 10.1 Å². The van der Waals surface area contributed by atoms with Crippen LogP contribution in [0, 0.1) is 23.5 Å². The average molecular weight is 344 g/mol. The van der Waals surface area contributed by atoms with Crippen LogP contribution in [-0.2, 0) is 0 Å². The highest BCUT2D eigenvalue weighted by atomic mass is 19.2. The number of hydrogen-bond donors (Lipinski definition) is 2. The van der Waals surface area contributed by atoms with Gasteiger partial charge in [0.25, 0.3) is 11.9 Å². The number of nitrogens with one attached hydrogen (secondary N) is 1. The molecule has 8 heteroatoms. The molecular formula is C16H16F4N2O2. The average Bonchev–Trinajstić information content (AvgIpc) is 2.53. The highest BCUT2D eigenvalue weighted by Gasteiger charge is 2.21. The van der Waals surface area contributed by atoms with Gasteiger partial charge in [0.15, 0.2) is 0 Å². The SMILES string of the molecule is CC(C)Oc1ccc(C(O)CNc2c(F)c(F)nc(F)c2F)cc1. The van der Waals surface area contributed by atoms with Gasteiger partial charge in [-0.1, -0.05) is 12.1 Å². The minimum atomic E-state index is -1.76. The second kappa shape index (κ2) is 7.48. The lowest BCUT2D eigenvalue weighted by Crippen LogP contribution is -2.16. The molecule has 1 unspecified atom stereocenters. The molecule has 0 saturated carbocycles. The van der Waals surface area contributed by atoms with Gasteiger partial charge in [0.1, 0.15) is 11.4 Å². The molecule has 4 nitrogen and oxygen atoms in total. The molecule has 24 heavy (non-hydrogen) atoms. The molecule has 0 fully saturated rings. The van der Waals surface area contributed by atoms with Crippen LogP contribution in [0.2, 0.25) is 0 Å². The van der Waals surface area contributed by atoms with Gasteiger partial charge in [0.05, 0.1) is 12.2 Å². The van der Waals surface area contributed by atoms with Crippen molar-refractivity contribution < 1.29 is 27.4 Å². The van der Waals surface area contributed by atoms with Gasteiger partial charge in [0, 0.05) is 6.54 Å². The van der Waals surface area contributed by atoms with E-state index < -0.39 is 35.3 Å². The number of aromatic nitrogens is 1. The molecule has 130 valence electrons. The fourth-order valence-corrected chi connectivity index (χ4v) is 2.00. The lowest BCUT2D eigenvalue weighted by Gasteiger charge is -2.15. The van der Waals surface area contributed by atoms with Crippen molar-refractivity contribution in [1.82, 2.24) is 4.98 Å². The number of aliphatic hydroxyl groups excluding tert-OH is 1. The quantitative estimate of drug-likeness (QED) is 0.621. The first kappa shape index (κ1) is 18.0. The summed E-state index contributed by atoms with van der Waals surface area (Å²) in [6.45, 7) is 3.37. The van der Waals surface area contributed by atoms with Crippen LogP contribution >= 0.6 is 0 Å². The molecule has 2 N–H and O–H groups in total.